The predicted molar refractivity (Wildman–Crippen MR) is 151 cm³/mol. The van der Waals surface area contributed by atoms with Crippen LogP contribution in [-0.4, -0.2) is 68.0 Å². The quantitative estimate of drug-likeness (QED) is 0.229. The Morgan fingerprint density at radius 3 is 2.14 bits per heavy atom. The van der Waals surface area contributed by atoms with Crippen LogP contribution in [0.3, 0.4) is 0 Å². The Labute approximate surface area is 222 Å². The van der Waals surface area contributed by atoms with Crippen LogP contribution in [0.25, 0.3) is 10.2 Å². The van der Waals surface area contributed by atoms with Gasteiger partial charge < -0.3 is 19.1 Å². The highest BCUT2D eigenvalue weighted by atomic mass is 32.2. The van der Waals surface area contributed by atoms with Gasteiger partial charge in [-0.05, 0) is 64.4 Å². The molecular formula is C27H37N3O4S2. The number of benzene rings is 2. The lowest BCUT2D eigenvalue weighted by Crippen LogP contribution is -2.39. The van der Waals surface area contributed by atoms with Crippen LogP contribution in [0.1, 0.15) is 45.0 Å². The summed E-state index contributed by atoms with van der Waals surface area (Å²) in [5.74, 6) is 1.39. The van der Waals surface area contributed by atoms with E-state index in [2.05, 4.69) is 30.9 Å². The van der Waals surface area contributed by atoms with E-state index in [0.29, 0.717) is 54.3 Å². The number of hydrogen-bond donors (Lipinski definition) is 0. The highest BCUT2D eigenvalue weighted by molar-refractivity contribution is 7.98. The van der Waals surface area contributed by atoms with Gasteiger partial charge in [0, 0.05) is 23.5 Å². The van der Waals surface area contributed by atoms with E-state index in [9.17, 15) is 4.79 Å². The molecule has 0 unspecified atom stereocenters. The smallest absolute Gasteiger partial charge is 0.260 e. The lowest BCUT2D eigenvalue weighted by Gasteiger charge is -2.25. The Hall–Kier alpha value is -2.49. The molecule has 1 amide bonds. The fourth-order valence-electron chi connectivity index (χ4n) is 3.93. The largest absolute Gasteiger partial charge is 0.490 e. The van der Waals surface area contributed by atoms with Gasteiger partial charge in [0.15, 0.2) is 16.6 Å². The van der Waals surface area contributed by atoms with E-state index in [4.69, 9.17) is 19.2 Å². The first-order valence-corrected chi connectivity index (χ1v) is 14.6. The Kier molecular flexibility index (Phi) is 10.7. The van der Waals surface area contributed by atoms with E-state index in [1.54, 1.807) is 28.8 Å². The molecule has 3 aromatic rings. The zero-order valence-corrected chi connectivity index (χ0v) is 23.8. The maximum Gasteiger partial charge on any atom is 0.260 e. The Morgan fingerprint density at radius 1 is 0.944 bits per heavy atom. The van der Waals surface area contributed by atoms with Crippen LogP contribution in [0.15, 0.2) is 35.2 Å². The summed E-state index contributed by atoms with van der Waals surface area (Å²) in [6.07, 6.45) is 2.04. The number of thioether (sulfide) groups is 1. The molecule has 3 rings (SSSR count). The zero-order valence-electron chi connectivity index (χ0n) is 22.1. The summed E-state index contributed by atoms with van der Waals surface area (Å²) in [5, 5.41) is 0.688. The van der Waals surface area contributed by atoms with Crippen LogP contribution in [-0.2, 0) is 0 Å². The maximum absolute atomic E-state index is 14.1. The number of ether oxygens (including phenoxy) is 3. The molecule has 0 saturated carbocycles. The molecular weight excluding hydrogens is 494 g/mol. The molecule has 0 N–H and O–H groups in total. The summed E-state index contributed by atoms with van der Waals surface area (Å²) in [6, 6.07) is 9.66. The number of amides is 1. The third kappa shape index (κ3) is 6.44. The molecule has 36 heavy (non-hydrogen) atoms. The Morgan fingerprint density at radius 2 is 1.58 bits per heavy atom. The monoisotopic (exact) mass is 531 g/mol. The van der Waals surface area contributed by atoms with E-state index in [0.717, 1.165) is 34.7 Å². The number of anilines is 1. The Bertz CT molecular complexity index is 1120. The van der Waals surface area contributed by atoms with Crippen LogP contribution in [0, 0.1) is 0 Å². The molecule has 0 bridgehead atoms. The van der Waals surface area contributed by atoms with Crippen molar-refractivity contribution >= 4 is 44.4 Å². The van der Waals surface area contributed by atoms with Gasteiger partial charge in [-0.25, -0.2) is 4.98 Å². The second kappa shape index (κ2) is 13.7. The van der Waals surface area contributed by atoms with Gasteiger partial charge in [-0.2, -0.15) is 0 Å². The normalized spacial score (nSPS) is 11.2. The average molecular weight is 532 g/mol. The fraction of sp³-hybridized carbons (Fsp3) is 0.481. The summed E-state index contributed by atoms with van der Waals surface area (Å²) in [4.78, 5) is 24.2. The topological polar surface area (TPSA) is 64.1 Å². The number of thiazole rings is 1. The molecule has 0 saturated heterocycles. The van der Waals surface area contributed by atoms with Gasteiger partial charge >= 0.3 is 0 Å². The van der Waals surface area contributed by atoms with Crippen molar-refractivity contribution in [1.29, 1.82) is 0 Å². The molecule has 0 fully saturated rings. The van der Waals surface area contributed by atoms with E-state index in [-0.39, 0.29) is 5.91 Å². The third-order valence-electron chi connectivity index (χ3n) is 5.76. The molecule has 0 spiro atoms. The van der Waals surface area contributed by atoms with E-state index in [1.807, 2.05) is 33.1 Å². The highest BCUT2D eigenvalue weighted by Crippen LogP contribution is 2.40. The van der Waals surface area contributed by atoms with E-state index >= 15 is 0 Å². The average Bonchev–Trinajstić information content (AvgIpc) is 3.32. The number of nitrogens with zero attached hydrogens (tertiary/aromatic N) is 3. The number of likely N-dealkylation sites (N-methyl/N-ethyl adjacent to an activating group) is 1. The SMILES string of the molecule is CCOc1cc(C(=O)N(CCN(CC)CC)c2nc3c(SC)cccc3s2)cc(OCC)c1OCC. The summed E-state index contributed by atoms with van der Waals surface area (Å²) in [5.41, 5.74) is 1.41. The highest BCUT2D eigenvalue weighted by Gasteiger charge is 2.26. The van der Waals surface area contributed by atoms with Gasteiger partial charge in [-0.1, -0.05) is 31.3 Å². The molecule has 1 aromatic heterocycles. The minimum Gasteiger partial charge on any atom is -0.490 e. The van der Waals surface area contributed by atoms with Crippen LogP contribution in [0.2, 0.25) is 0 Å². The Balaban J connectivity index is 2.09. The molecule has 0 aliphatic heterocycles. The molecule has 2 aromatic carbocycles. The second-order valence-corrected chi connectivity index (χ2v) is 9.74. The minimum absolute atomic E-state index is 0.142. The van der Waals surface area contributed by atoms with Gasteiger partial charge in [-0.15, -0.1) is 11.8 Å². The van der Waals surface area contributed by atoms with Crippen molar-refractivity contribution in [2.75, 3.05) is 57.2 Å². The fourth-order valence-corrected chi connectivity index (χ4v) is 5.57. The lowest BCUT2D eigenvalue weighted by molar-refractivity contribution is 0.0982. The molecule has 9 heteroatoms. The van der Waals surface area contributed by atoms with Crippen molar-refractivity contribution in [2.45, 2.75) is 39.5 Å². The summed E-state index contributed by atoms with van der Waals surface area (Å²) in [7, 11) is 0. The van der Waals surface area contributed by atoms with Crippen molar-refractivity contribution < 1.29 is 19.0 Å². The number of fused-ring (bicyclic) bond motifs is 1. The van der Waals surface area contributed by atoms with Gasteiger partial charge in [0.05, 0.1) is 30.0 Å². The van der Waals surface area contributed by atoms with Crippen molar-refractivity contribution in [3.63, 3.8) is 0 Å². The first-order valence-electron chi connectivity index (χ1n) is 12.5. The number of carbonyl (C=O) groups excluding carboxylic acids is 1. The van der Waals surface area contributed by atoms with Gasteiger partial charge in [0.1, 0.15) is 0 Å². The summed E-state index contributed by atoms with van der Waals surface area (Å²) >= 11 is 3.20. The molecule has 7 nitrogen and oxygen atoms in total. The first-order chi connectivity index (χ1) is 17.5. The van der Waals surface area contributed by atoms with Crippen LogP contribution < -0.4 is 19.1 Å². The molecule has 0 aliphatic rings. The van der Waals surface area contributed by atoms with Gasteiger partial charge in [0.25, 0.3) is 5.91 Å². The van der Waals surface area contributed by atoms with Crippen molar-refractivity contribution in [3.8, 4) is 17.2 Å². The van der Waals surface area contributed by atoms with Crippen molar-refractivity contribution in [2.24, 2.45) is 0 Å². The number of hydrogen-bond acceptors (Lipinski definition) is 8. The molecule has 0 aliphatic carbocycles. The molecule has 196 valence electrons. The first kappa shape index (κ1) is 28.1. The van der Waals surface area contributed by atoms with Crippen LogP contribution >= 0.6 is 23.1 Å². The summed E-state index contributed by atoms with van der Waals surface area (Å²) in [6.45, 7) is 14.5. The maximum atomic E-state index is 14.1. The predicted octanol–water partition coefficient (Wildman–Crippen LogP) is 6.20. The summed E-state index contributed by atoms with van der Waals surface area (Å²) < 4.78 is 18.6. The van der Waals surface area contributed by atoms with Gasteiger partial charge in [0.2, 0.25) is 5.75 Å². The van der Waals surface area contributed by atoms with Gasteiger partial charge in [-0.3, -0.25) is 9.69 Å². The standard InChI is InChI=1S/C27H37N3O4S2/c1-7-29(8-2)15-16-30(27-28-24-22(35-6)13-12-14-23(24)36-27)26(31)19-17-20(32-9-3)25(34-11-5)21(18-19)33-10-4/h12-14,17-18H,7-11,15-16H2,1-6H3. The second-order valence-electron chi connectivity index (χ2n) is 7.89. The van der Waals surface area contributed by atoms with Crippen LogP contribution in [0.5, 0.6) is 17.2 Å². The zero-order chi connectivity index (χ0) is 26.1. The minimum atomic E-state index is -0.142. The number of aromatic nitrogens is 1. The van der Waals surface area contributed by atoms with E-state index in [1.165, 1.54) is 11.3 Å². The lowest BCUT2D eigenvalue weighted by atomic mass is 10.1. The van der Waals surface area contributed by atoms with Crippen molar-refractivity contribution in [3.05, 3.63) is 35.9 Å². The molecule has 1 heterocycles. The number of rotatable bonds is 14. The third-order valence-corrected chi connectivity index (χ3v) is 7.57. The van der Waals surface area contributed by atoms with E-state index < -0.39 is 0 Å². The molecule has 0 radical (unpaired) electrons. The van der Waals surface area contributed by atoms with Crippen LogP contribution in [0.4, 0.5) is 5.13 Å². The number of para-hydroxylation sites is 1. The van der Waals surface area contributed by atoms with Crippen molar-refractivity contribution in [1.82, 2.24) is 9.88 Å². The molecule has 0 atom stereocenters. The number of carbonyl (C=O) groups is 1.